The lowest BCUT2D eigenvalue weighted by Crippen LogP contribution is -2.13. The maximum atomic E-state index is 13.0. The van der Waals surface area contributed by atoms with Crippen molar-refractivity contribution in [3.63, 3.8) is 0 Å². The Bertz CT molecular complexity index is 284. The molecule has 0 bridgehead atoms. The molecule has 1 aromatic rings. The van der Waals surface area contributed by atoms with Crippen molar-refractivity contribution in [1.29, 1.82) is 0 Å². The molecule has 0 spiro atoms. The molecule has 15 heavy (non-hydrogen) atoms. The zero-order chi connectivity index (χ0) is 10.9. The van der Waals surface area contributed by atoms with Crippen LogP contribution in [0.15, 0.2) is 18.3 Å². The Hall–Kier alpha value is -1.20. The van der Waals surface area contributed by atoms with Crippen molar-refractivity contribution in [3.05, 3.63) is 24.1 Å². The highest BCUT2D eigenvalue weighted by atomic mass is 19.1. The predicted molar refractivity (Wildman–Crippen MR) is 55.4 cm³/mol. The largest absolute Gasteiger partial charge is 0.382 e. The van der Waals surface area contributed by atoms with Gasteiger partial charge in [-0.3, -0.25) is 0 Å². The van der Waals surface area contributed by atoms with E-state index in [0.29, 0.717) is 26.4 Å². The Morgan fingerprint density at radius 3 is 3.00 bits per heavy atom. The highest BCUT2D eigenvalue weighted by Gasteiger charge is 1.99. The first-order valence-electron chi connectivity index (χ1n) is 4.75. The Morgan fingerprint density at radius 2 is 2.27 bits per heavy atom. The number of nitrogens with one attached hydrogen (secondary N) is 1. The van der Waals surface area contributed by atoms with Crippen LogP contribution < -0.4 is 5.32 Å². The number of hydrogen-bond acceptors (Lipinski definition) is 4. The van der Waals surface area contributed by atoms with Gasteiger partial charge in [0.15, 0.2) is 11.6 Å². The van der Waals surface area contributed by atoms with Gasteiger partial charge in [-0.2, -0.15) is 0 Å². The predicted octanol–water partition coefficient (Wildman–Crippen LogP) is 1.30. The van der Waals surface area contributed by atoms with E-state index in [2.05, 4.69) is 10.3 Å². The molecule has 0 saturated carbocycles. The molecule has 1 N–H and O–H groups in total. The topological polar surface area (TPSA) is 43.4 Å². The van der Waals surface area contributed by atoms with Gasteiger partial charge in [-0.1, -0.05) is 0 Å². The number of pyridine rings is 1. The van der Waals surface area contributed by atoms with E-state index in [1.54, 1.807) is 13.2 Å². The molecule has 1 aromatic heterocycles. The molecule has 4 nitrogen and oxygen atoms in total. The molecule has 0 aliphatic rings. The Kier molecular flexibility index (Phi) is 5.65. The van der Waals surface area contributed by atoms with Gasteiger partial charge in [-0.05, 0) is 12.1 Å². The first-order chi connectivity index (χ1) is 7.34. The molecule has 0 unspecified atom stereocenters. The molecule has 0 amide bonds. The van der Waals surface area contributed by atoms with Crippen molar-refractivity contribution in [1.82, 2.24) is 4.98 Å². The van der Waals surface area contributed by atoms with Crippen LogP contribution in [0.25, 0.3) is 0 Å². The van der Waals surface area contributed by atoms with Gasteiger partial charge >= 0.3 is 0 Å². The average molecular weight is 214 g/mol. The van der Waals surface area contributed by atoms with Crippen molar-refractivity contribution in [2.45, 2.75) is 0 Å². The number of hydrogen-bond donors (Lipinski definition) is 1. The molecule has 5 heteroatoms. The summed E-state index contributed by atoms with van der Waals surface area (Å²) < 4.78 is 23.0. The van der Waals surface area contributed by atoms with Crippen LogP contribution in [-0.2, 0) is 9.47 Å². The SMILES string of the molecule is COCCOCCNc1ncccc1F. The summed E-state index contributed by atoms with van der Waals surface area (Å²) in [5.74, 6) is -0.0952. The lowest BCUT2D eigenvalue weighted by Gasteiger charge is -2.06. The van der Waals surface area contributed by atoms with Gasteiger partial charge in [-0.25, -0.2) is 9.37 Å². The summed E-state index contributed by atoms with van der Waals surface area (Å²) >= 11 is 0. The Labute approximate surface area is 88.4 Å². The first-order valence-corrected chi connectivity index (χ1v) is 4.75. The Balaban J connectivity index is 2.12. The first kappa shape index (κ1) is 11.9. The van der Waals surface area contributed by atoms with Crippen LogP contribution in [-0.4, -0.2) is 38.5 Å². The van der Waals surface area contributed by atoms with Crippen molar-refractivity contribution in [2.75, 3.05) is 38.8 Å². The molecule has 1 rings (SSSR count). The van der Waals surface area contributed by atoms with Crippen molar-refractivity contribution < 1.29 is 13.9 Å². The molecule has 0 aliphatic heterocycles. The van der Waals surface area contributed by atoms with Gasteiger partial charge in [0.05, 0.1) is 19.8 Å². The maximum absolute atomic E-state index is 13.0. The molecule has 0 atom stereocenters. The van der Waals surface area contributed by atoms with E-state index < -0.39 is 0 Å². The van der Waals surface area contributed by atoms with Gasteiger partial charge < -0.3 is 14.8 Å². The number of rotatable bonds is 7. The summed E-state index contributed by atoms with van der Waals surface area (Å²) in [6, 6.07) is 2.91. The van der Waals surface area contributed by atoms with E-state index in [9.17, 15) is 4.39 Å². The fraction of sp³-hybridized carbons (Fsp3) is 0.500. The molecular weight excluding hydrogens is 199 g/mol. The number of halogens is 1. The summed E-state index contributed by atoms with van der Waals surface area (Å²) in [7, 11) is 1.62. The van der Waals surface area contributed by atoms with Gasteiger partial charge in [0.2, 0.25) is 0 Å². The third kappa shape index (κ3) is 4.71. The number of anilines is 1. The molecule has 0 saturated heterocycles. The van der Waals surface area contributed by atoms with Crippen LogP contribution >= 0.6 is 0 Å². The molecule has 84 valence electrons. The molecule has 0 radical (unpaired) electrons. The second-order valence-electron chi connectivity index (χ2n) is 2.87. The summed E-state index contributed by atoms with van der Waals surface area (Å²) in [4.78, 5) is 3.85. The zero-order valence-electron chi connectivity index (χ0n) is 8.70. The van der Waals surface area contributed by atoms with Crippen LogP contribution in [0.1, 0.15) is 0 Å². The van der Waals surface area contributed by atoms with Crippen LogP contribution in [0.2, 0.25) is 0 Å². The van der Waals surface area contributed by atoms with E-state index in [0.717, 1.165) is 0 Å². The van der Waals surface area contributed by atoms with E-state index in [1.165, 1.54) is 12.3 Å². The van der Waals surface area contributed by atoms with Crippen LogP contribution in [0, 0.1) is 5.82 Å². The summed E-state index contributed by atoms with van der Waals surface area (Å²) in [5.41, 5.74) is 0. The minimum Gasteiger partial charge on any atom is -0.382 e. The quantitative estimate of drug-likeness (QED) is 0.695. The smallest absolute Gasteiger partial charge is 0.165 e. The monoisotopic (exact) mass is 214 g/mol. The van der Waals surface area contributed by atoms with Gasteiger partial charge in [0.1, 0.15) is 0 Å². The summed E-state index contributed by atoms with van der Waals surface area (Å²) in [5, 5.41) is 2.84. The van der Waals surface area contributed by atoms with E-state index in [4.69, 9.17) is 9.47 Å². The van der Waals surface area contributed by atoms with E-state index in [1.807, 2.05) is 0 Å². The molecule has 0 aliphatic carbocycles. The van der Waals surface area contributed by atoms with Crippen molar-refractivity contribution in [2.24, 2.45) is 0 Å². The highest BCUT2D eigenvalue weighted by Crippen LogP contribution is 2.07. The fourth-order valence-corrected chi connectivity index (χ4v) is 1.00. The third-order valence-corrected chi connectivity index (χ3v) is 1.73. The molecular formula is C10H15FN2O2. The average Bonchev–Trinajstić information content (AvgIpc) is 2.25. The number of nitrogens with zero attached hydrogens (tertiary/aromatic N) is 1. The highest BCUT2D eigenvalue weighted by molar-refractivity contribution is 5.35. The zero-order valence-corrected chi connectivity index (χ0v) is 8.70. The Morgan fingerprint density at radius 1 is 1.40 bits per heavy atom. The fourth-order valence-electron chi connectivity index (χ4n) is 1.00. The minimum atomic E-state index is -0.352. The third-order valence-electron chi connectivity index (χ3n) is 1.73. The lowest BCUT2D eigenvalue weighted by atomic mass is 10.4. The van der Waals surface area contributed by atoms with Gasteiger partial charge in [0.25, 0.3) is 0 Å². The second kappa shape index (κ2) is 7.14. The van der Waals surface area contributed by atoms with Crippen LogP contribution in [0.4, 0.5) is 10.2 Å². The normalized spacial score (nSPS) is 10.3. The molecule has 0 fully saturated rings. The van der Waals surface area contributed by atoms with Crippen molar-refractivity contribution >= 4 is 5.82 Å². The van der Waals surface area contributed by atoms with Crippen LogP contribution in [0.5, 0.6) is 0 Å². The van der Waals surface area contributed by atoms with Crippen LogP contribution in [0.3, 0.4) is 0 Å². The summed E-state index contributed by atoms with van der Waals surface area (Å²) in [6.07, 6.45) is 1.54. The summed E-state index contributed by atoms with van der Waals surface area (Å²) in [6.45, 7) is 2.14. The molecule has 0 aromatic carbocycles. The second-order valence-corrected chi connectivity index (χ2v) is 2.87. The number of aromatic nitrogens is 1. The standard InChI is InChI=1S/C10H15FN2O2/c1-14-7-8-15-6-5-13-10-9(11)3-2-4-12-10/h2-4H,5-8H2,1H3,(H,12,13). The molecule has 1 heterocycles. The maximum Gasteiger partial charge on any atom is 0.165 e. The van der Waals surface area contributed by atoms with E-state index in [-0.39, 0.29) is 11.6 Å². The number of methoxy groups -OCH3 is 1. The van der Waals surface area contributed by atoms with Crippen molar-refractivity contribution in [3.8, 4) is 0 Å². The van der Waals surface area contributed by atoms with E-state index >= 15 is 0 Å². The number of ether oxygens (including phenoxy) is 2. The minimum absolute atomic E-state index is 0.257. The van der Waals surface area contributed by atoms with Gasteiger partial charge in [-0.15, -0.1) is 0 Å². The lowest BCUT2D eigenvalue weighted by molar-refractivity contribution is 0.0759. The van der Waals surface area contributed by atoms with Gasteiger partial charge in [0, 0.05) is 19.9 Å².